The van der Waals surface area contributed by atoms with E-state index in [9.17, 15) is 14.7 Å². The van der Waals surface area contributed by atoms with Crippen molar-refractivity contribution in [2.24, 2.45) is 0 Å². The van der Waals surface area contributed by atoms with Crippen LogP contribution in [-0.4, -0.2) is 67.9 Å². The molecule has 2 fully saturated rings. The highest BCUT2D eigenvalue weighted by molar-refractivity contribution is 6.76. The van der Waals surface area contributed by atoms with Crippen LogP contribution in [0, 0.1) is 0 Å². The first-order valence-corrected chi connectivity index (χ1v) is 23.3. The zero-order valence-electron chi connectivity index (χ0n) is 27.4. The molecule has 2 atom stereocenters. The molecule has 1 N–H and O–H groups in total. The van der Waals surface area contributed by atoms with Crippen LogP contribution in [0.2, 0.25) is 51.4 Å². The quantitative estimate of drug-likeness (QED) is 0.157. The van der Waals surface area contributed by atoms with Gasteiger partial charge in [-0.3, -0.25) is 4.52 Å². The highest BCUT2D eigenvalue weighted by Gasteiger charge is 2.58. The minimum atomic E-state index is -1.31. The Morgan fingerprint density at radius 1 is 1.07 bits per heavy atom. The van der Waals surface area contributed by atoms with Crippen LogP contribution in [0.5, 0.6) is 0 Å². The fourth-order valence-electron chi connectivity index (χ4n) is 6.23. The molecule has 0 unspecified atom stereocenters. The Labute approximate surface area is 261 Å². The van der Waals surface area contributed by atoms with Crippen molar-refractivity contribution in [3.8, 4) is 0 Å². The minimum Gasteiger partial charge on any atom is -0.477 e. The molecule has 0 spiro atoms. The van der Waals surface area contributed by atoms with Crippen molar-refractivity contribution in [3.63, 3.8) is 0 Å². The normalized spacial score (nSPS) is 21.3. The van der Waals surface area contributed by atoms with E-state index in [-0.39, 0.29) is 25.1 Å². The van der Waals surface area contributed by atoms with E-state index in [1.807, 2.05) is 11.5 Å². The number of rotatable bonds is 14. The maximum absolute atomic E-state index is 13.0. The molecule has 10 nitrogen and oxygen atoms in total. The lowest BCUT2D eigenvalue weighted by Crippen LogP contribution is -2.26. The van der Waals surface area contributed by atoms with E-state index in [4.69, 9.17) is 18.7 Å². The second kappa shape index (κ2) is 12.7. The molecule has 1 saturated heterocycles. The SMILES string of the molecule is C[C@]1(c2noc(=O)n2COCC[Si](C)(C)C)C[C@@H]1n1c(C(=O)O)c(COCC[Si](C)(C)C)c2cc(C3CCOCC3)ccc21. The van der Waals surface area contributed by atoms with Crippen LogP contribution in [0.4, 0.5) is 0 Å². The number of benzene rings is 1. The summed E-state index contributed by atoms with van der Waals surface area (Å²) in [6.07, 6.45) is 2.52. The van der Waals surface area contributed by atoms with E-state index in [0.717, 1.165) is 49.0 Å². The van der Waals surface area contributed by atoms with Gasteiger partial charge in [0.25, 0.3) is 0 Å². The van der Waals surface area contributed by atoms with Gasteiger partial charge in [0, 0.05) is 65.1 Å². The van der Waals surface area contributed by atoms with Gasteiger partial charge < -0.3 is 23.9 Å². The average molecular weight is 644 g/mol. The van der Waals surface area contributed by atoms with Gasteiger partial charge in [0.05, 0.1) is 12.0 Å². The Hall–Kier alpha value is -2.52. The maximum atomic E-state index is 13.0. The molecular weight excluding hydrogens is 595 g/mol. The first kappa shape index (κ1) is 32.9. The molecule has 3 heterocycles. The van der Waals surface area contributed by atoms with Crippen LogP contribution in [-0.2, 0) is 33.0 Å². The lowest BCUT2D eigenvalue weighted by molar-refractivity contribution is 0.0675. The van der Waals surface area contributed by atoms with Crippen LogP contribution in [0.15, 0.2) is 27.5 Å². The molecule has 1 aromatic carbocycles. The Bertz CT molecular complexity index is 1540. The predicted molar refractivity (Wildman–Crippen MR) is 175 cm³/mol. The van der Waals surface area contributed by atoms with E-state index in [1.165, 1.54) is 10.1 Å². The van der Waals surface area contributed by atoms with Gasteiger partial charge in [-0.1, -0.05) is 57.4 Å². The Balaban J connectivity index is 1.50. The summed E-state index contributed by atoms with van der Waals surface area (Å²) in [7, 11) is -2.60. The zero-order chi connectivity index (χ0) is 31.9. The number of fused-ring (bicyclic) bond motifs is 1. The summed E-state index contributed by atoms with van der Waals surface area (Å²) in [4.78, 5) is 25.7. The first-order valence-electron chi connectivity index (χ1n) is 15.9. The van der Waals surface area contributed by atoms with Gasteiger partial charge in [0.1, 0.15) is 12.4 Å². The van der Waals surface area contributed by atoms with Crippen LogP contribution < -0.4 is 5.76 Å². The first-order chi connectivity index (χ1) is 20.7. The second-order valence-electron chi connectivity index (χ2n) is 15.2. The van der Waals surface area contributed by atoms with Crippen molar-refractivity contribution in [2.75, 3.05) is 26.4 Å². The summed E-state index contributed by atoms with van der Waals surface area (Å²) >= 11 is 0. The fraction of sp³-hybridized carbons (Fsp3) is 0.656. The third-order valence-electron chi connectivity index (χ3n) is 9.19. The molecule has 1 aliphatic heterocycles. The predicted octanol–water partition coefficient (Wildman–Crippen LogP) is 6.45. The topological polar surface area (TPSA) is 118 Å². The average Bonchev–Trinajstić information content (AvgIpc) is 3.32. The maximum Gasteiger partial charge on any atom is 0.443 e. The van der Waals surface area contributed by atoms with Gasteiger partial charge in [-0.15, -0.1) is 0 Å². The van der Waals surface area contributed by atoms with Crippen molar-refractivity contribution in [3.05, 3.63) is 51.4 Å². The molecule has 44 heavy (non-hydrogen) atoms. The summed E-state index contributed by atoms with van der Waals surface area (Å²) in [6, 6.07) is 8.13. The second-order valence-corrected chi connectivity index (χ2v) is 26.5. The highest BCUT2D eigenvalue weighted by Crippen LogP contribution is 2.58. The van der Waals surface area contributed by atoms with E-state index >= 15 is 0 Å². The van der Waals surface area contributed by atoms with Crippen LogP contribution in [0.1, 0.15) is 65.6 Å². The summed E-state index contributed by atoms with van der Waals surface area (Å²) < 4.78 is 26.2. The standard InChI is InChI=1S/C32H49N3O7Si2/c1-32(30-33-42-31(38)34(30)21-41-15-17-44(5,6)7)19-27(32)35-26-9-8-23(22-10-12-39-13-11-22)18-24(26)25(28(35)29(36)37)20-40-14-16-43(2,3)4/h8-9,18,22,27H,10-17,19-21H2,1-7H3,(H,36,37)/t27-,32-/m0/s1. The van der Waals surface area contributed by atoms with E-state index in [2.05, 4.69) is 62.6 Å². The summed E-state index contributed by atoms with van der Waals surface area (Å²) in [6.45, 7) is 18.7. The van der Waals surface area contributed by atoms with Crippen molar-refractivity contribution in [2.45, 2.75) is 108 Å². The molecule has 2 aliphatic rings. The number of carboxylic acids is 1. The molecule has 2 aromatic heterocycles. The van der Waals surface area contributed by atoms with Crippen molar-refractivity contribution >= 4 is 33.0 Å². The number of hydrogen-bond acceptors (Lipinski definition) is 7. The van der Waals surface area contributed by atoms with Crippen molar-refractivity contribution in [1.82, 2.24) is 14.3 Å². The molecule has 3 aromatic rings. The monoisotopic (exact) mass is 643 g/mol. The van der Waals surface area contributed by atoms with Crippen LogP contribution in [0.3, 0.4) is 0 Å². The minimum absolute atomic E-state index is 0.0628. The number of aromatic carboxylic acids is 1. The molecule has 12 heteroatoms. The molecule has 0 amide bonds. The smallest absolute Gasteiger partial charge is 0.443 e. The van der Waals surface area contributed by atoms with E-state index < -0.39 is 33.3 Å². The largest absolute Gasteiger partial charge is 0.477 e. The van der Waals surface area contributed by atoms with Gasteiger partial charge in [-0.2, -0.15) is 0 Å². The third kappa shape index (κ3) is 7.14. The van der Waals surface area contributed by atoms with Gasteiger partial charge in [0.15, 0.2) is 5.82 Å². The Morgan fingerprint density at radius 3 is 2.36 bits per heavy atom. The molecule has 1 saturated carbocycles. The van der Waals surface area contributed by atoms with E-state index in [1.54, 1.807) is 0 Å². The highest BCUT2D eigenvalue weighted by atomic mass is 28.3. The molecular formula is C32H49N3O7Si2. The molecule has 5 rings (SSSR count). The van der Waals surface area contributed by atoms with Crippen molar-refractivity contribution < 1.29 is 28.6 Å². The third-order valence-corrected chi connectivity index (χ3v) is 12.6. The summed E-state index contributed by atoms with van der Waals surface area (Å²) in [5.74, 6) is -0.681. The molecule has 0 radical (unpaired) electrons. The Morgan fingerprint density at radius 2 is 1.73 bits per heavy atom. The zero-order valence-corrected chi connectivity index (χ0v) is 29.4. The number of hydrogen-bond donors (Lipinski definition) is 1. The number of nitrogens with zero attached hydrogens (tertiary/aromatic N) is 3. The van der Waals surface area contributed by atoms with Gasteiger partial charge >= 0.3 is 11.7 Å². The molecule has 1 aliphatic carbocycles. The molecule has 242 valence electrons. The lowest BCUT2D eigenvalue weighted by Gasteiger charge is -2.22. The summed E-state index contributed by atoms with van der Waals surface area (Å²) in [5.41, 5.74) is 2.42. The van der Waals surface area contributed by atoms with Crippen LogP contribution in [0.25, 0.3) is 10.9 Å². The Kier molecular flexibility index (Phi) is 9.49. The van der Waals surface area contributed by atoms with Crippen molar-refractivity contribution in [1.29, 1.82) is 0 Å². The van der Waals surface area contributed by atoms with E-state index in [0.29, 0.717) is 36.9 Å². The molecule has 0 bridgehead atoms. The number of carboxylic acid groups (broad SMARTS) is 1. The number of aromatic nitrogens is 3. The number of ether oxygens (including phenoxy) is 3. The van der Waals surface area contributed by atoms with Crippen LogP contribution >= 0.6 is 0 Å². The van der Waals surface area contributed by atoms with Gasteiger partial charge in [-0.25, -0.2) is 14.2 Å². The summed E-state index contributed by atoms with van der Waals surface area (Å²) in [5, 5.41) is 15.7. The fourth-order valence-corrected chi connectivity index (χ4v) is 7.74. The van der Waals surface area contributed by atoms with Gasteiger partial charge in [0.2, 0.25) is 0 Å². The number of carbonyl (C=O) groups is 1. The van der Waals surface area contributed by atoms with Gasteiger partial charge in [-0.05, 0) is 55.0 Å². The lowest BCUT2D eigenvalue weighted by atomic mass is 9.90.